The number of hydrogen-bond donors (Lipinski definition) is 0. The van der Waals surface area contributed by atoms with Crippen LogP contribution in [0.4, 0.5) is 5.69 Å². The summed E-state index contributed by atoms with van der Waals surface area (Å²) >= 11 is 2.19. The van der Waals surface area contributed by atoms with Crippen molar-refractivity contribution in [2.24, 2.45) is 0 Å². The third-order valence-electron chi connectivity index (χ3n) is 5.23. The number of halogens is 1. The zero-order chi connectivity index (χ0) is 20.8. The number of amides is 1. The van der Waals surface area contributed by atoms with E-state index in [0.29, 0.717) is 28.0 Å². The molecule has 0 atom stereocenters. The Kier molecular flexibility index (Phi) is 4.51. The van der Waals surface area contributed by atoms with Gasteiger partial charge in [-0.1, -0.05) is 36.4 Å². The minimum atomic E-state index is -0.163. The van der Waals surface area contributed by atoms with Gasteiger partial charge in [-0.25, -0.2) is 4.98 Å². The van der Waals surface area contributed by atoms with Crippen molar-refractivity contribution in [3.8, 4) is 5.69 Å². The molecule has 0 saturated heterocycles. The van der Waals surface area contributed by atoms with Crippen LogP contribution in [0.3, 0.4) is 0 Å². The summed E-state index contributed by atoms with van der Waals surface area (Å²) in [6.45, 7) is 0. The normalized spacial score (nSPS) is 14.5. The molecule has 1 aliphatic heterocycles. The molecule has 146 valence electrons. The molecular formula is C24H16IN3O2. The highest BCUT2D eigenvalue weighted by atomic mass is 127. The van der Waals surface area contributed by atoms with Crippen molar-refractivity contribution in [2.75, 3.05) is 11.9 Å². The van der Waals surface area contributed by atoms with Crippen molar-refractivity contribution >= 4 is 56.7 Å². The second kappa shape index (κ2) is 7.21. The number of anilines is 1. The van der Waals surface area contributed by atoms with Gasteiger partial charge in [0.25, 0.3) is 11.5 Å². The second-order valence-corrected chi connectivity index (χ2v) is 8.29. The van der Waals surface area contributed by atoms with Gasteiger partial charge in [0.2, 0.25) is 0 Å². The van der Waals surface area contributed by atoms with E-state index in [-0.39, 0.29) is 11.5 Å². The molecule has 0 radical (unpaired) electrons. The van der Waals surface area contributed by atoms with Crippen LogP contribution in [0.2, 0.25) is 0 Å². The third kappa shape index (κ3) is 2.95. The van der Waals surface area contributed by atoms with E-state index in [0.717, 1.165) is 14.8 Å². The number of fused-ring (bicyclic) bond motifs is 2. The Bertz CT molecular complexity index is 1410. The van der Waals surface area contributed by atoms with Crippen LogP contribution in [0.15, 0.2) is 77.6 Å². The Hall–Kier alpha value is -3.26. The van der Waals surface area contributed by atoms with Crippen molar-refractivity contribution in [1.29, 1.82) is 0 Å². The van der Waals surface area contributed by atoms with Gasteiger partial charge < -0.3 is 4.90 Å². The van der Waals surface area contributed by atoms with Gasteiger partial charge in [-0.15, -0.1) is 0 Å². The van der Waals surface area contributed by atoms with E-state index < -0.39 is 0 Å². The molecule has 0 unspecified atom stereocenters. The van der Waals surface area contributed by atoms with Crippen LogP contribution in [0.1, 0.15) is 11.4 Å². The van der Waals surface area contributed by atoms with E-state index in [1.54, 1.807) is 22.6 Å². The van der Waals surface area contributed by atoms with Crippen molar-refractivity contribution in [2.45, 2.75) is 0 Å². The molecule has 6 heteroatoms. The number of hydrogen-bond acceptors (Lipinski definition) is 3. The van der Waals surface area contributed by atoms with Crippen LogP contribution in [-0.2, 0) is 4.79 Å². The summed E-state index contributed by atoms with van der Waals surface area (Å²) in [5, 5.41) is 0.545. The van der Waals surface area contributed by atoms with E-state index in [2.05, 4.69) is 22.6 Å². The van der Waals surface area contributed by atoms with E-state index >= 15 is 0 Å². The molecule has 0 bridgehead atoms. The third-order valence-corrected chi connectivity index (χ3v) is 5.91. The molecule has 4 aromatic rings. The zero-order valence-electron chi connectivity index (χ0n) is 16.0. The van der Waals surface area contributed by atoms with E-state index in [9.17, 15) is 9.59 Å². The Morgan fingerprint density at radius 1 is 0.933 bits per heavy atom. The molecule has 5 nitrogen and oxygen atoms in total. The fourth-order valence-electron chi connectivity index (χ4n) is 3.77. The molecule has 5 rings (SSSR count). The zero-order valence-corrected chi connectivity index (χ0v) is 18.2. The number of carbonyl (C=O) groups is 1. The fraction of sp³-hybridized carbons (Fsp3) is 0.0417. The summed E-state index contributed by atoms with van der Waals surface area (Å²) in [5.74, 6) is 0.307. The molecule has 2 heterocycles. The first-order valence-corrected chi connectivity index (χ1v) is 10.5. The number of carbonyl (C=O) groups excluding carboxylic acids is 1. The molecule has 30 heavy (non-hydrogen) atoms. The van der Waals surface area contributed by atoms with Gasteiger partial charge in [0.05, 0.1) is 27.9 Å². The van der Waals surface area contributed by atoms with Gasteiger partial charge in [0, 0.05) is 16.2 Å². The molecular weight excluding hydrogens is 489 g/mol. The molecule has 0 saturated carbocycles. The van der Waals surface area contributed by atoms with Crippen molar-refractivity contribution < 1.29 is 4.79 Å². The van der Waals surface area contributed by atoms with E-state index in [1.807, 2.05) is 72.8 Å². The van der Waals surface area contributed by atoms with Crippen LogP contribution in [0.25, 0.3) is 28.2 Å². The maximum atomic E-state index is 13.5. The largest absolute Gasteiger partial charge is 0.311 e. The lowest BCUT2D eigenvalue weighted by Crippen LogP contribution is -2.23. The number of para-hydroxylation sites is 2. The quantitative estimate of drug-likeness (QED) is 0.298. The van der Waals surface area contributed by atoms with Gasteiger partial charge in [0.15, 0.2) is 0 Å². The Morgan fingerprint density at radius 2 is 1.67 bits per heavy atom. The molecule has 0 fully saturated rings. The lowest BCUT2D eigenvalue weighted by Gasteiger charge is -2.12. The minimum Gasteiger partial charge on any atom is -0.311 e. The van der Waals surface area contributed by atoms with Crippen LogP contribution < -0.4 is 10.5 Å². The molecule has 1 aliphatic rings. The number of nitrogens with zero attached hydrogens (tertiary/aromatic N) is 3. The smallest absolute Gasteiger partial charge is 0.266 e. The first-order valence-electron chi connectivity index (χ1n) is 9.41. The van der Waals surface area contributed by atoms with Crippen molar-refractivity contribution in [3.05, 3.63) is 98.1 Å². The van der Waals surface area contributed by atoms with Crippen LogP contribution in [-0.4, -0.2) is 22.5 Å². The minimum absolute atomic E-state index is 0.118. The number of rotatable bonds is 2. The standard InChI is InChI=1S/C24H16IN3O2/c1-27-21-10-6-5-9-17(21)18(23(27)29)14-22-26-20-12-11-15(25)13-19(20)24(30)28(22)16-7-3-2-4-8-16/h2-14H,1H3/b18-14+. The fourth-order valence-corrected chi connectivity index (χ4v) is 4.26. The summed E-state index contributed by atoms with van der Waals surface area (Å²) in [4.78, 5) is 32.8. The van der Waals surface area contributed by atoms with Crippen LogP contribution in [0, 0.1) is 3.57 Å². The number of aromatic nitrogens is 2. The molecule has 1 amide bonds. The Labute approximate surface area is 186 Å². The Morgan fingerprint density at radius 3 is 2.47 bits per heavy atom. The summed E-state index contributed by atoms with van der Waals surface area (Å²) in [6.07, 6.45) is 1.72. The van der Waals surface area contributed by atoms with Crippen LogP contribution in [0.5, 0.6) is 0 Å². The summed E-state index contributed by atoms with van der Waals surface area (Å²) in [5.41, 5.74) is 3.35. The molecule has 0 N–H and O–H groups in total. The maximum Gasteiger partial charge on any atom is 0.266 e. The lowest BCUT2D eigenvalue weighted by molar-refractivity contribution is -0.112. The number of benzene rings is 3. The second-order valence-electron chi connectivity index (χ2n) is 7.05. The average molecular weight is 505 g/mol. The lowest BCUT2D eigenvalue weighted by atomic mass is 10.1. The van der Waals surface area contributed by atoms with Gasteiger partial charge in [-0.05, 0) is 65.1 Å². The molecule has 3 aromatic carbocycles. The monoisotopic (exact) mass is 505 g/mol. The van der Waals surface area contributed by atoms with Crippen LogP contribution >= 0.6 is 22.6 Å². The van der Waals surface area contributed by atoms with E-state index in [4.69, 9.17) is 4.98 Å². The highest BCUT2D eigenvalue weighted by Crippen LogP contribution is 2.36. The van der Waals surface area contributed by atoms with Crippen molar-refractivity contribution in [3.63, 3.8) is 0 Å². The van der Waals surface area contributed by atoms with Crippen molar-refractivity contribution in [1.82, 2.24) is 9.55 Å². The summed E-state index contributed by atoms with van der Waals surface area (Å²) in [6, 6.07) is 22.6. The topological polar surface area (TPSA) is 55.2 Å². The van der Waals surface area contributed by atoms with Gasteiger partial charge >= 0.3 is 0 Å². The highest BCUT2D eigenvalue weighted by Gasteiger charge is 2.29. The van der Waals surface area contributed by atoms with Gasteiger partial charge in [-0.2, -0.15) is 0 Å². The molecule has 0 spiro atoms. The number of likely N-dealkylation sites (N-methyl/N-ethyl adjacent to an activating group) is 1. The highest BCUT2D eigenvalue weighted by molar-refractivity contribution is 14.1. The van der Waals surface area contributed by atoms with Gasteiger partial charge in [-0.3, -0.25) is 14.2 Å². The maximum absolute atomic E-state index is 13.5. The Balaban J connectivity index is 1.84. The molecule has 1 aromatic heterocycles. The SMILES string of the molecule is CN1C(=O)/C(=C/c2nc3ccc(I)cc3c(=O)n2-c2ccccc2)c2ccccc21. The van der Waals surface area contributed by atoms with E-state index in [1.165, 1.54) is 0 Å². The summed E-state index contributed by atoms with van der Waals surface area (Å²) < 4.78 is 2.53. The average Bonchev–Trinajstić information content (AvgIpc) is 3.00. The first-order chi connectivity index (χ1) is 14.5. The summed E-state index contributed by atoms with van der Waals surface area (Å²) in [7, 11) is 1.75. The predicted molar refractivity (Wildman–Crippen MR) is 128 cm³/mol. The molecule has 0 aliphatic carbocycles. The van der Waals surface area contributed by atoms with Gasteiger partial charge in [0.1, 0.15) is 5.82 Å². The predicted octanol–water partition coefficient (Wildman–Crippen LogP) is 4.51. The first kappa shape index (κ1) is 18.7.